The molecular weight excluding hydrogens is 359 g/mol. The fourth-order valence-electron chi connectivity index (χ4n) is 1.45. The maximum atomic E-state index is 12.7. The number of hydrogen-bond acceptors (Lipinski definition) is 2. The number of rotatable bonds is 3. The standard InChI is InChI=1S/C13H8BrClF3NO/c14-9-3-1-8(2-4-9)7-20-12-5-10(13(16,17)18)11(15)6-19-12/h1-6H,7H2. The van der Waals surface area contributed by atoms with E-state index in [1.165, 1.54) is 0 Å². The van der Waals surface area contributed by atoms with Crippen molar-refractivity contribution in [2.45, 2.75) is 12.8 Å². The van der Waals surface area contributed by atoms with Gasteiger partial charge in [-0.2, -0.15) is 13.2 Å². The molecule has 2 aromatic rings. The van der Waals surface area contributed by atoms with Crippen molar-refractivity contribution in [1.29, 1.82) is 0 Å². The van der Waals surface area contributed by atoms with Crippen molar-refractivity contribution in [3.63, 3.8) is 0 Å². The van der Waals surface area contributed by atoms with Gasteiger partial charge >= 0.3 is 6.18 Å². The van der Waals surface area contributed by atoms with Crippen LogP contribution in [-0.2, 0) is 12.8 Å². The lowest BCUT2D eigenvalue weighted by Crippen LogP contribution is -2.07. The van der Waals surface area contributed by atoms with Crippen LogP contribution < -0.4 is 4.74 Å². The van der Waals surface area contributed by atoms with E-state index in [-0.39, 0.29) is 12.5 Å². The molecule has 0 aliphatic rings. The first-order valence-corrected chi connectivity index (χ1v) is 6.63. The third kappa shape index (κ3) is 3.86. The summed E-state index contributed by atoms with van der Waals surface area (Å²) in [5, 5.41) is -0.450. The predicted molar refractivity (Wildman–Crippen MR) is 72.7 cm³/mol. The van der Waals surface area contributed by atoms with Crippen molar-refractivity contribution in [3.8, 4) is 5.88 Å². The molecule has 0 saturated carbocycles. The molecule has 7 heteroatoms. The molecule has 2 rings (SSSR count). The highest BCUT2D eigenvalue weighted by Gasteiger charge is 2.34. The Balaban J connectivity index is 2.12. The Labute approximate surface area is 126 Å². The molecule has 0 saturated heterocycles. The average molecular weight is 367 g/mol. The molecule has 0 aliphatic heterocycles. The Kier molecular flexibility index (Phi) is 4.55. The Morgan fingerprint density at radius 2 is 1.85 bits per heavy atom. The van der Waals surface area contributed by atoms with E-state index in [1.54, 1.807) is 12.1 Å². The Morgan fingerprint density at radius 1 is 1.20 bits per heavy atom. The second-order valence-electron chi connectivity index (χ2n) is 3.92. The lowest BCUT2D eigenvalue weighted by atomic mass is 10.2. The molecule has 2 nitrogen and oxygen atoms in total. The van der Waals surface area contributed by atoms with Gasteiger partial charge in [-0.1, -0.05) is 39.7 Å². The zero-order chi connectivity index (χ0) is 14.8. The zero-order valence-electron chi connectivity index (χ0n) is 9.92. The molecule has 0 atom stereocenters. The van der Waals surface area contributed by atoms with E-state index in [9.17, 15) is 13.2 Å². The molecule has 0 unspecified atom stereocenters. The van der Waals surface area contributed by atoms with Gasteiger partial charge < -0.3 is 4.74 Å². The van der Waals surface area contributed by atoms with Gasteiger partial charge in [-0.3, -0.25) is 0 Å². The molecule has 0 radical (unpaired) electrons. The number of halogens is 5. The highest BCUT2D eigenvalue weighted by molar-refractivity contribution is 9.10. The Bertz CT molecular complexity index is 602. The average Bonchev–Trinajstić information content (AvgIpc) is 2.38. The van der Waals surface area contributed by atoms with Crippen LogP contribution in [0.4, 0.5) is 13.2 Å². The van der Waals surface area contributed by atoms with E-state index >= 15 is 0 Å². The maximum Gasteiger partial charge on any atom is 0.418 e. The summed E-state index contributed by atoms with van der Waals surface area (Å²) in [6.07, 6.45) is -3.60. The van der Waals surface area contributed by atoms with Crippen molar-refractivity contribution in [1.82, 2.24) is 4.98 Å². The molecule has 1 aromatic carbocycles. The summed E-state index contributed by atoms with van der Waals surface area (Å²) in [6, 6.07) is 8.01. The number of benzene rings is 1. The maximum absolute atomic E-state index is 12.7. The number of aromatic nitrogens is 1. The molecule has 0 aliphatic carbocycles. The molecule has 1 heterocycles. The Hall–Kier alpha value is -1.27. The van der Waals surface area contributed by atoms with Gasteiger partial charge in [-0.05, 0) is 17.7 Å². The van der Waals surface area contributed by atoms with Crippen molar-refractivity contribution in [3.05, 3.63) is 57.2 Å². The number of nitrogens with zero attached hydrogens (tertiary/aromatic N) is 1. The number of hydrogen-bond donors (Lipinski definition) is 0. The van der Waals surface area contributed by atoms with Gasteiger partial charge in [0.15, 0.2) is 0 Å². The van der Waals surface area contributed by atoms with Gasteiger partial charge in [0.1, 0.15) is 6.61 Å². The lowest BCUT2D eigenvalue weighted by molar-refractivity contribution is -0.137. The van der Waals surface area contributed by atoms with Crippen molar-refractivity contribution < 1.29 is 17.9 Å². The minimum absolute atomic E-state index is 0.121. The van der Waals surface area contributed by atoms with E-state index in [0.29, 0.717) is 0 Å². The van der Waals surface area contributed by atoms with Crippen LogP contribution >= 0.6 is 27.5 Å². The summed E-state index contributed by atoms with van der Waals surface area (Å²) < 4.78 is 44.1. The molecule has 0 amide bonds. The van der Waals surface area contributed by atoms with Gasteiger partial charge in [-0.25, -0.2) is 4.98 Å². The summed E-state index contributed by atoms with van der Waals surface area (Å²) >= 11 is 8.76. The molecule has 0 fully saturated rings. The fraction of sp³-hybridized carbons (Fsp3) is 0.154. The minimum atomic E-state index is -4.53. The van der Waals surface area contributed by atoms with Gasteiger partial charge in [-0.15, -0.1) is 0 Å². The van der Waals surface area contributed by atoms with Crippen molar-refractivity contribution in [2.75, 3.05) is 0 Å². The smallest absolute Gasteiger partial charge is 0.418 e. The fourth-order valence-corrected chi connectivity index (χ4v) is 1.93. The van der Waals surface area contributed by atoms with Crippen molar-refractivity contribution in [2.24, 2.45) is 0 Å². The van der Waals surface area contributed by atoms with E-state index in [4.69, 9.17) is 16.3 Å². The van der Waals surface area contributed by atoms with Crippen LogP contribution in [0, 0.1) is 0 Å². The van der Waals surface area contributed by atoms with Crippen LogP contribution in [0.25, 0.3) is 0 Å². The van der Waals surface area contributed by atoms with Crippen LogP contribution in [0.5, 0.6) is 5.88 Å². The second-order valence-corrected chi connectivity index (χ2v) is 5.24. The molecule has 0 bridgehead atoms. The topological polar surface area (TPSA) is 22.1 Å². The quantitative estimate of drug-likeness (QED) is 0.754. The largest absolute Gasteiger partial charge is 0.473 e. The first kappa shape index (κ1) is 15.1. The zero-order valence-corrected chi connectivity index (χ0v) is 12.3. The lowest BCUT2D eigenvalue weighted by Gasteiger charge is -2.11. The van der Waals surface area contributed by atoms with Crippen LogP contribution in [-0.4, -0.2) is 4.98 Å². The van der Waals surface area contributed by atoms with Gasteiger partial charge in [0.25, 0.3) is 0 Å². The minimum Gasteiger partial charge on any atom is -0.473 e. The summed E-state index contributed by atoms with van der Waals surface area (Å²) in [5.41, 5.74) is -0.140. The summed E-state index contributed by atoms with van der Waals surface area (Å²) in [6.45, 7) is 0.124. The third-order valence-electron chi connectivity index (χ3n) is 2.44. The second kappa shape index (κ2) is 6.01. The molecule has 0 N–H and O–H groups in total. The van der Waals surface area contributed by atoms with Crippen LogP contribution in [0.2, 0.25) is 5.02 Å². The van der Waals surface area contributed by atoms with Crippen LogP contribution in [0.15, 0.2) is 41.0 Å². The number of ether oxygens (including phenoxy) is 1. The monoisotopic (exact) mass is 365 g/mol. The first-order chi connectivity index (χ1) is 9.36. The van der Waals surface area contributed by atoms with E-state index in [2.05, 4.69) is 20.9 Å². The van der Waals surface area contributed by atoms with Gasteiger partial charge in [0, 0.05) is 10.5 Å². The highest BCUT2D eigenvalue weighted by atomic mass is 79.9. The number of alkyl halides is 3. The summed E-state index contributed by atoms with van der Waals surface area (Å²) in [7, 11) is 0. The van der Waals surface area contributed by atoms with Gasteiger partial charge in [0.2, 0.25) is 5.88 Å². The third-order valence-corrected chi connectivity index (χ3v) is 3.27. The summed E-state index contributed by atoms with van der Waals surface area (Å²) in [5.74, 6) is -0.121. The molecular formula is C13H8BrClF3NO. The highest BCUT2D eigenvalue weighted by Crippen LogP contribution is 2.35. The van der Waals surface area contributed by atoms with Crippen LogP contribution in [0.3, 0.4) is 0 Å². The summed E-state index contributed by atoms with van der Waals surface area (Å²) in [4.78, 5) is 3.72. The normalized spacial score (nSPS) is 11.4. The van der Waals surface area contributed by atoms with Crippen molar-refractivity contribution >= 4 is 27.5 Å². The van der Waals surface area contributed by atoms with E-state index < -0.39 is 16.8 Å². The van der Waals surface area contributed by atoms with E-state index in [0.717, 1.165) is 22.3 Å². The van der Waals surface area contributed by atoms with E-state index in [1.807, 2.05) is 12.1 Å². The molecule has 1 aromatic heterocycles. The molecule has 106 valence electrons. The molecule has 20 heavy (non-hydrogen) atoms. The number of pyridine rings is 1. The predicted octanol–water partition coefficient (Wildman–Crippen LogP) is 5.10. The van der Waals surface area contributed by atoms with Crippen LogP contribution in [0.1, 0.15) is 11.1 Å². The first-order valence-electron chi connectivity index (χ1n) is 5.46. The molecule has 0 spiro atoms. The SMILES string of the molecule is FC(F)(F)c1cc(OCc2ccc(Br)cc2)ncc1Cl. The Morgan fingerprint density at radius 3 is 2.45 bits per heavy atom. The van der Waals surface area contributed by atoms with Gasteiger partial charge in [0.05, 0.1) is 16.8 Å².